The Bertz CT molecular complexity index is 846. The third-order valence-electron chi connectivity index (χ3n) is 4.21. The molecule has 0 spiro atoms. The van der Waals surface area contributed by atoms with Gasteiger partial charge < -0.3 is 9.64 Å². The van der Waals surface area contributed by atoms with Crippen LogP contribution in [0.4, 0.5) is 0 Å². The molecule has 1 fully saturated rings. The second-order valence-corrected chi connectivity index (χ2v) is 8.23. The molecule has 1 aliphatic heterocycles. The van der Waals surface area contributed by atoms with Crippen molar-refractivity contribution < 1.29 is 9.53 Å². The predicted molar refractivity (Wildman–Crippen MR) is 103 cm³/mol. The largest absolute Gasteiger partial charge is 0.473 e. The SMILES string of the molecule is O=C(CSc1nc2ccccc2s1)N1CCC(Oc2cnccn2)CC1. The molecule has 3 aromatic rings. The van der Waals surface area contributed by atoms with Crippen LogP contribution in [0.25, 0.3) is 10.2 Å². The maximum Gasteiger partial charge on any atom is 0.233 e. The van der Waals surface area contributed by atoms with Gasteiger partial charge in [-0.05, 0) is 12.1 Å². The fraction of sp³-hybridized carbons (Fsp3) is 0.333. The Morgan fingerprint density at radius 1 is 1.27 bits per heavy atom. The summed E-state index contributed by atoms with van der Waals surface area (Å²) in [6.07, 6.45) is 6.58. The molecule has 1 aliphatic rings. The Kier molecular flexibility index (Phi) is 5.31. The van der Waals surface area contributed by atoms with Gasteiger partial charge in [0.05, 0.1) is 22.2 Å². The first-order valence-corrected chi connectivity index (χ1v) is 10.3. The maximum atomic E-state index is 12.5. The summed E-state index contributed by atoms with van der Waals surface area (Å²) in [5.74, 6) is 1.13. The van der Waals surface area contributed by atoms with Gasteiger partial charge in [-0.3, -0.25) is 9.78 Å². The van der Waals surface area contributed by atoms with Crippen LogP contribution in [-0.4, -0.2) is 50.7 Å². The fourth-order valence-corrected chi connectivity index (χ4v) is 4.84. The predicted octanol–water partition coefficient (Wildman–Crippen LogP) is 3.25. The normalized spacial score (nSPS) is 15.3. The van der Waals surface area contributed by atoms with E-state index < -0.39 is 0 Å². The Morgan fingerprint density at radius 3 is 2.88 bits per heavy atom. The lowest BCUT2D eigenvalue weighted by atomic mass is 10.1. The number of likely N-dealkylation sites (tertiary alicyclic amines) is 1. The number of piperidine rings is 1. The second kappa shape index (κ2) is 8.01. The molecule has 1 amide bonds. The lowest BCUT2D eigenvalue weighted by Gasteiger charge is -2.31. The minimum Gasteiger partial charge on any atom is -0.473 e. The third-order valence-corrected chi connectivity index (χ3v) is 6.38. The quantitative estimate of drug-likeness (QED) is 0.627. The zero-order chi connectivity index (χ0) is 17.8. The van der Waals surface area contributed by atoms with Crippen LogP contribution in [0, 0.1) is 0 Å². The van der Waals surface area contributed by atoms with E-state index in [2.05, 4.69) is 21.0 Å². The molecule has 0 radical (unpaired) electrons. The molecule has 8 heteroatoms. The first-order chi connectivity index (χ1) is 12.8. The van der Waals surface area contributed by atoms with E-state index in [4.69, 9.17) is 4.74 Å². The Morgan fingerprint density at radius 2 is 2.12 bits per heavy atom. The first-order valence-electron chi connectivity index (χ1n) is 8.47. The summed E-state index contributed by atoms with van der Waals surface area (Å²) in [6, 6.07) is 8.04. The van der Waals surface area contributed by atoms with Crippen LogP contribution in [-0.2, 0) is 4.79 Å². The summed E-state index contributed by atoms with van der Waals surface area (Å²) in [5, 5.41) is 0. The first kappa shape index (κ1) is 17.2. The smallest absolute Gasteiger partial charge is 0.233 e. The zero-order valence-corrected chi connectivity index (χ0v) is 15.7. The molecule has 0 aliphatic carbocycles. The molecule has 0 bridgehead atoms. The summed E-state index contributed by atoms with van der Waals surface area (Å²) in [4.78, 5) is 27.1. The molecule has 1 saturated heterocycles. The number of amides is 1. The van der Waals surface area contributed by atoms with Crippen molar-refractivity contribution in [1.29, 1.82) is 0 Å². The molecular formula is C18H18N4O2S2. The van der Waals surface area contributed by atoms with Crippen molar-refractivity contribution >= 4 is 39.2 Å². The van der Waals surface area contributed by atoms with E-state index in [0.29, 0.717) is 24.7 Å². The van der Waals surface area contributed by atoms with Crippen molar-refractivity contribution in [2.24, 2.45) is 0 Å². The number of hydrogen-bond acceptors (Lipinski definition) is 7. The molecule has 6 nitrogen and oxygen atoms in total. The van der Waals surface area contributed by atoms with Gasteiger partial charge in [0.1, 0.15) is 6.10 Å². The van der Waals surface area contributed by atoms with Crippen molar-refractivity contribution in [1.82, 2.24) is 19.9 Å². The molecule has 0 atom stereocenters. The van der Waals surface area contributed by atoms with Crippen LogP contribution in [0.2, 0.25) is 0 Å². The van der Waals surface area contributed by atoms with Crippen molar-refractivity contribution in [3.05, 3.63) is 42.9 Å². The third kappa shape index (κ3) is 4.13. The minimum atomic E-state index is 0.0904. The number of fused-ring (bicyclic) bond motifs is 1. The van der Waals surface area contributed by atoms with E-state index in [0.717, 1.165) is 27.4 Å². The van der Waals surface area contributed by atoms with Crippen molar-refractivity contribution in [3.8, 4) is 5.88 Å². The number of nitrogens with zero attached hydrogens (tertiary/aromatic N) is 4. The van der Waals surface area contributed by atoms with E-state index in [9.17, 15) is 4.79 Å². The molecule has 0 saturated carbocycles. The van der Waals surface area contributed by atoms with Crippen LogP contribution >= 0.6 is 23.1 Å². The number of para-hydroxylation sites is 1. The van der Waals surface area contributed by atoms with Crippen molar-refractivity contribution in [2.75, 3.05) is 18.8 Å². The number of benzene rings is 1. The van der Waals surface area contributed by atoms with Crippen molar-refractivity contribution in [3.63, 3.8) is 0 Å². The van der Waals surface area contributed by atoms with Crippen LogP contribution in [0.1, 0.15) is 12.8 Å². The Labute approximate surface area is 159 Å². The van der Waals surface area contributed by atoms with E-state index in [-0.39, 0.29) is 12.0 Å². The molecule has 4 rings (SSSR count). The molecular weight excluding hydrogens is 368 g/mol. The number of carbonyl (C=O) groups is 1. The van der Waals surface area contributed by atoms with Gasteiger partial charge in [0, 0.05) is 38.3 Å². The topological polar surface area (TPSA) is 68.2 Å². The molecule has 2 aromatic heterocycles. The number of thioether (sulfide) groups is 1. The monoisotopic (exact) mass is 386 g/mol. The van der Waals surface area contributed by atoms with Gasteiger partial charge in [-0.2, -0.15) is 0 Å². The van der Waals surface area contributed by atoms with Gasteiger partial charge in [-0.1, -0.05) is 23.9 Å². The summed E-state index contributed by atoms with van der Waals surface area (Å²) >= 11 is 3.15. The Hall–Kier alpha value is -2.19. The molecule has 0 N–H and O–H groups in total. The molecule has 134 valence electrons. The van der Waals surface area contributed by atoms with E-state index in [1.54, 1.807) is 29.9 Å². The van der Waals surface area contributed by atoms with Crippen LogP contribution in [0.15, 0.2) is 47.2 Å². The van der Waals surface area contributed by atoms with Crippen LogP contribution < -0.4 is 4.74 Å². The van der Waals surface area contributed by atoms with Crippen LogP contribution in [0.3, 0.4) is 0 Å². The average molecular weight is 387 g/mol. The number of aromatic nitrogens is 3. The highest BCUT2D eigenvalue weighted by Crippen LogP contribution is 2.29. The van der Waals surface area contributed by atoms with E-state index >= 15 is 0 Å². The molecule has 3 heterocycles. The van der Waals surface area contributed by atoms with Gasteiger partial charge in [0.2, 0.25) is 11.8 Å². The van der Waals surface area contributed by atoms with Crippen LogP contribution in [0.5, 0.6) is 5.88 Å². The Balaban J connectivity index is 1.25. The number of thiazole rings is 1. The van der Waals surface area contributed by atoms with Gasteiger partial charge in [0.25, 0.3) is 0 Å². The number of rotatable bonds is 5. The fourth-order valence-electron chi connectivity index (χ4n) is 2.87. The highest BCUT2D eigenvalue weighted by Gasteiger charge is 2.24. The highest BCUT2D eigenvalue weighted by atomic mass is 32.2. The number of hydrogen-bond donors (Lipinski definition) is 0. The maximum absolute atomic E-state index is 12.5. The number of ether oxygens (including phenoxy) is 1. The lowest BCUT2D eigenvalue weighted by molar-refractivity contribution is -0.130. The lowest BCUT2D eigenvalue weighted by Crippen LogP contribution is -2.42. The summed E-state index contributed by atoms with van der Waals surface area (Å²) < 4.78 is 7.92. The standard InChI is InChI=1S/C18H18N4O2S2/c23-17(12-25-18-21-14-3-1-2-4-15(14)26-18)22-9-5-13(6-10-22)24-16-11-19-7-8-20-16/h1-4,7-8,11,13H,5-6,9-10,12H2. The zero-order valence-electron chi connectivity index (χ0n) is 14.1. The molecule has 26 heavy (non-hydrogen) atoms. The minimum absolute atomic E-state index is 0.0904. The van der Waals surface area contributed by atoms with Gasteiger partial charge in [-0.25, -0.2) is 9.97 Å². The average Bonchev–Trinajstić information content (AvgIpc) is 3.10. The summed E-state index contributed by atoms with van der Waals surface area (Å²) in [7, 11) is 0. The molecule has 0 unspecified atom stereocenters. The van der Waals surface area contributed by atoms with Crippen molar-refractivity contribution in [2.45, 2.75) is 23.3 Å². The number of carbonyl (C=O) groups excluding carboxylic acids is 1. The van der Waals surface area contributed by atoms with E-state index in [1.807, 2.05) is 23.1 Å². The highest BCUT2D eigenvalue weighted by molar-refractivity contribution is 8.01. The summed E-state index contributed by atoms with van der Waals surface area (Å²) in [6.45, 7) is 1.42. The van der Waals surface area contributed by atoms with Gasteiger partial charge in [-0.15, -0.1) is 11.3 Å². The van der Waals surface area contributed by atoms with Gasteiger partial charge in [0.15, 0.2) is 4.34 Å². The second-order valence-electron chi connectivity index (χ2n) is 5.98. The van der Waals surface area contributed by atoms with E-state index in [1.165, 1.54) is 11.8 Å². The van der Waals surface area contributed by atoms with Gasteiger partial charge >= 0.3 is 0 Å². The summed E-state index contributed by atoms with van der Waals surface area (Å²) in [5.41, 5.74) is 0.995. The molecule has 1 aromatic carbocycles.